The lowest BCUT2D eigenvalue weighted by Gasteiger charge is -2.18. The van der Waals surface area contributed by atoms with Crippen LogP contribution in [0.5, 0.6) is 0 Å². The van der Waals surface area contributed by atoms with Crippen LogP contribution >= 0.6 is 11.3 Å². The summed E-state index contributed by atoms with van der Waals surface area (Å²) >= 11 is 1.76. The average Bonchev–Trinajstić information content (AvgIpc) is 2.85. The van der Waals surface area contributed by atoms with E-state index in [1.54, 1.807) is 11.3 Å². The van der Waals surface area contributed by atoms with Crippen LogP contribution < -0.4 is 5.73 Å². The molecule has 2 heterocycles. The lowest BCUT2D eigenvalue weighted by molar-refractivity contribution is 0.410. The van der Waals surface area contributed by atoms with Gasteiger partial charge in [0.05, 0.1) is 10.7 Å². The Balaban J connectivity index is 2.14. The monoisotopic (exact) mass is 239 g/mol. The van der Waals surface area contributed by atoms with Gasteiger partial charge in [0.15, 0.2) is 0 Å². The van der Waals surface area contributed by atoms with Crippen LogP contribution in [0.4, 0.5) is 0 Å². The first-order valence-electron chi connectivity index (χ1n) is 5.87. The summed E-state index contributed by atoms with van der Waals surface area (Å²) in [6.45, 7) is 7.32. The van der Waals surface area contributed by atoms with Crippen molar-refractivity contribution in [3.8, 4) is 0 Å². The molecule has 0 radical (unpaired) electrons. The molecule has 1 aliphatic heterocycles. The Morgan fingerprint density at radius 1 is 1.62 bits per heavy atom. The van der Waals surface area contributed by atoms with E-state index in [9.17, 15) is 0 Å². The van der Waals surface area contributed by atoms with Crippen LogP contribution in [0.1, 0.15) is 36.9 Å². The molecule has 0 amide bonds. The molecule has 0 saturated carbocycles. The second-order valence-corrected chi connectivity index (χ2v) is 6.27. The lowest BCUT2D eigenvalue weighted by atomic mass is 9.95. The van der Waals surface area contributed by atoms with Crippen molar-refractivity contribution >= 4 is 11.3 Å². The molecule has 0 bridgehead atoms. The second kappa shape index (κ2) is 4.43. The molecule has 0 spiro atoms. The van der Waals surface area contributed by atoms with Gasteiger partial charge in [-0.1, -0.05) is 13.8 Å². The first-order valence-corrected chi connectivity index (χ1v) is 6.75. The van der Waals surface area contributed by atoms with Crippen LogP contribution in [0.3, 0.4) is 0 Å². The van der Waals surface area contributed by atoms with Gasteiger partial charge in [-0.15, -0.1) is 11.3 Å². The smallest absolute Gasteiger partial charge is 0.0997 e. The van der Waals surface area contributed by atoms with Crippen LogP contribution in [0.2, 0.25) is 0 Å². The van der Waals surface area contributed by atoms with Crippen molar-refractivity contribution in [2.24, 2.45) is 5.73 Å². The molecule has 4 heteroatoms. The predicted molar refractivity (Wildman–Crippen MR) is 69.0 cm³/mol. The summed E-state index contributed by atoms with van der Waals surface area (Å²) < 4.78 is 0. The number of hydrogen-bond donors (Lipinski definition) is 1. The number of likely N-dealkylation sites (N-methyl/N-ethyl adjacent to an activating group) is 1. The fourth-order valence-electron chi connectivity index (χ4n) is 2.05. The molecule has 2 N–H and O–H groups in total. The third kappa shape index (κ3) is 2.29. The Bertz CT molecular complexity index is 359. The van der Waals surface area contributed by atoms with Gasteiger partial charge in [0.1, 0.15) is 0 Å². The third-order valence-corrected chi connectivity index (χ3v) is 4.65. The van der Waals surface area contributed by atoms with Crippen molar-refractivity contribution in [3.63, 3.8) is 0 Å². The quantitative estimate of drug-likeness (QED) is 0.874. The largest absolute Gasteiger partial charge is 0.330 e. The number of likely N-dealkylation sites (tertiary alicyclic amines) is 1. The Hall–Kier alpha value is -0.450. The number of aromatic nitrogens is 1. The van der Waals surface area contributed by atoms with Gasteiger partial charge in [0.25, 0.3) is 0 Å². The van der Waals surface area contributed by atoms with Gasteiger partial charge in [-0.25, -0.2) is 4.98 Å². The highest BCUT2D eigenvalue weighted by molar-refractivity contribution is 7.09. The Morgan fingerprint density at radius 2 is 2.38 bits per heavy atom. The van der Waals surface area contributed by atoms with Crippen LogP contribution in [0, 0.1) is 0 Å². The van der Waals surface area contributed by atoms with E-state index in [4.69, 9.17) is 10.7 Å². The summed E-state index contributed by atoms with van der Waals surface area (Å²) in [5, 5.41) is 3.40. The van der Waals surface area contributed by atoms with Crippen molar-refractivity contribution in [1.29, 1.82) is 0 Å². The Morgan fingerprint density at radius 3 is 2.94 bits per heavy atom. The number of nitrogens with two attached hydrogens (primary N) is 1. The summed E-state index contributed by atoms with van der Waals surface area (Å²) in [6, 6.07) is 0. The Labute approximate surface area is 102 Å². The molecule has 16 heavy (non-hydrogen) atoms. The van der Waals surface area contributed by atoms with Gasteiger partial charge < -0.3 is 10.6 Å². The molecule has 1 saturated heterocycles. The van der Waals surface area contributed by atoms with E-state index in [-0.39, 0.29) is 5.41 Å². The highest BCUT2D eigenvalue weighted by Gasteiger charge is 2.27. The van der Waals surface area contributed by atoms with Crippen LogP contribution in [-0.2, 0) is 5.41 Å². The molecule has 1 aliphatic rings. The number of thiazole rings is 1. The van der Waals surface area contributed by atoms with E-state index >= 15 is 0 Å². The molecule has 1 unspecified atom stereocenters. The fraction of sp³-hybridized carbons (Fsp3) is 0.750. The molecule has 3 nitrogen and oxygen atoms in total. The lowest BCUT2D eigenvalue weighted by Crippen LogP contribution is -2.28. The minimum Gasteiger partial charge on any atom is -0.330 e. The zero-order valence-corrected chi connectivity index (χ0v) is 11.2. The van der Waals surface area contributed by atoms with Crippen molar-refractivity contribution < 1.29 is 0 Å². The number of hydrogen-bond acceptors (Lipinski definition) is 4. The first kappa shape index (κ1) is 12.0. The van der Waals surface area contributed by atoms with E-state index in [0.29, 0.717) is 12.5 Å². The fourth-order valence-corrected chi connectivity index (χ4v) is 3.09. The predicted octanol–water partition coefficient (Wildman–Crippen LogP) is 1.80. The third-order valence-electron chi connectivity index (χ3n) is 3.42. The van der Waals surface area contributed by atoms with Crippen LogP contribution in [0.15, 0.2) is 5.38 Å². The molecule has 90 valence electrons. The topological polar surface area (TPSA) is 42.1 Å². The molecule has 1 aromatic heterocycles. The molecule has 0 aliphatic carbocycles. The van der Waals surface area contributed by atoms with E-state index in [1.807, 2.05) is 0 Å². The maximum atomic E-state index is 5.78. The minimum absolute atomic E-state index is 0.0213. The number of nitrogens with zero attached hydrogens (tertiary/aromatic N) is 2. The molecule has 2 rings (SSSR count). The summed E-state index contributed by atoms with van der Waals surface area (Å²) in [6.07, 6.45) is 1.24. The standard InChI is InChI=1S/C12H21N3S/c1-12(2,8-13)11-14-10(7-16-11)9-4-5-15(3)6-9/h7,9H,4-6,8,13H2,1-3H3. The average molecular weight is 239 g/mol. The van der Waals surface area contributed by atoms with Gasteiger partial charge in [0.2, 0.25) is 0 Å². The maximum Gasteiger partial charge on any atom is 0.0997 e. The van der Waals surface area contributed by atoms with E-state index < -0.39 is 0 Å². The van der Waals surface area contributed by atoms with Crippen molar-refractivity contribution in [3.05, 3.63) is 16.1 Å². The van der Waals surface area contributed by atoms with Crippen molar-refractivity contribution in [2.45, 2.75) is 31.6 Å². The SMILES string of the molecule is CN1CCC(c2csc(C(C)(C)CN)n2)C1. The minimum atomic E-state index is 0.0213. The molecule has 0 aromatic carbocycles. The van der Waals surface area contributed by atoms with Crippen molar-refractivity contribution in [2.75, 3.05) is 26.7 Å². The van der Waals surface area contributed by atoms with E-state index in [1.165, 1.54) is 23.7 Å². The van der Waals surface area contributed by atoms with E-state index in [0.717, 1.165) is 6.54 Å². The van der Waals surface area contributed by atoms with Gasteiger partial charge in [0, 0.05) is 29.8 Å². The molecular formula is C12H21N3S. The van der Waals surface area contributed by atoms with Crippen molar-refractivity contribution in [1.82, 2.24) is 9.88 Å². The highest BCUT2D eigenvalue weighted by atomic mass is 32.1. The molecule has 1 fully saturated rings. The normalized spacial score (nSPS) is 22.9. The summed E-state index contributed by atoms with van der Waals surface area (Å²) in [4.78, 5) is 7.15. The maximum absolute atomic E-state index is 5.78. The molecule has 1 aromatic rings. The van der Waals surface area contributed by atoms with Crippen LogP contribution in [-0.4, -0.2) is 36.6 Å². The number of rotatable bonds is 3. The summed E-state index contributed by atoms with van der Waals surface area (Å²) in [5.74, 6) is 0.628. The first-order chi connectivity index (χ1) is 7.53. The Kier molecular flexibility index (Phi) is 3.33. The summed E-state index contributed by atoms with van der Waals surface area (Å²) in [7, 11) is 2.18. The zero-order chi connectivity index (χ0) is 11.8. The van der Waals surface area contributed by atoms with Crippen LogP contribution in [0.25, 0.3) is 0 Å². The summed E-state index contributed by atoms with van der Waals surface area (Å²) in [5.41, 5.74) is 7.07. The highest BCUT2D eigenvalue weighted by Crippen LogP contribution is 2.31. The zero-order valence-electron chi connectivity index (χ0n) is 10.4. The van der Waals surface area contributed by atoms with Gasteiger partial charge >= 0.3 is 0 Å². The molecular weight excluding hydrogens is 218 g/mol. The van der Waals surface area contributed by atoms with E-state index in [2.05, 4.69) is 31.2 Å². The van der Waals surface area contributed by atoms with Gasteiger partial charge in [-0.2, -0.15) is 0 Å². The molecule has 1 atom stereocenters. The second-order valence-electron chi connectivity index (χ2n) is 5.41. The van der Waals surface area contributed by atoms with Gasteiger partial charge in [-0.05, 0) is 20.0 Å². The van der Waals surface area contributed by atoms with Gasteiger partial charge in [-0.3, -0.25) is 0 Å².